The zero-order valence-corrected chi connectivity index (χ0v) is 11.3. The van der Waals surface area contributed by atoms with Crippen molar-refractivity contribution in [2.24, 2.45) is 0 Å². The van der Waals surface area contributed by atoms with Gasteiger partial charge in [-0.05, 0) is 24.5 Å². The average Bonchev–Trinajstić information content (AvgIpc) is 2.92. The van der Waals surface area contributed by atoms with E-state index in [0.717, 1.165) is 37.8 Å². The molecule has 1 aliphatic carbocycles. The second-order valence-electron chi connectivity index (χ2n) is 5.16. The van der Waals surface area contributed by atoms with Gasteiger partial charge in [-0.15, -0.1) is 0 Å². The molecule has 0 aromatic heterocycles. The molecule has 2 rings (SSSR count). The predicted molar refractivity (Wildman–Crippen MR) is 71.1 cm³/mol. The van der Waals surface area contributed by atoms with Gasteiger partial charge in [0.2, 0.25) is 5.91 Å². The van der Waals surface area contributed by atoms with Crippen molar-refractivity contribution >= 4 is 5.91 Å². The Labute approximate surface area is 117 Å². The first-order valence-electron chi connectivity index (χ1n) is 6.96. The van der Waals surface area contributed by atoms with Crippen LogP contribution >= 0.6 is 0 Å². The Hall–Kier alpha value is -1.49. The molecule has 20 heavy (non-hydrogen) atoms. The van der Waals surface area contributed by atoms with Crippen LogP contribution in [0.1, 0.15) is 31.2 Å². The van der Waals surface area contributed by atoms with Crippen LogP contribution in [0.25, 0.3) is 0 Å². The quantitative estimate of drug-likeness (QED) is 0.900. The highest BCUT2D eigenvalue weighted by atomic mass is 19.1. The van der Waals surface area contributed by atoms with Crippen molar-refractivity contribution in [2.45, 2.75) is 38.1 Å². The molecule has 0 spiro atoms. The van der Waals surface area contributed by atoms with Crippen LogP contribution < -0.4 is 0 Å². The minimum absolute atomic E-state index is 0.0946. The number of amides is 1. The highest BCUT2D eigenvalue weighted by Crippen LogP contribution is 2.24. The van der Waals surface area contributed by atoms with E-state index in [1.807, 2.05) is 0 Å². The van der Waals surface area contributed by atoms with Crippen molar-refractivity contribution in [3.8, 4) is 0 Å². The zero-order valence-electron chi connectivity index (χ0n) is 11.3. The minimum atomic E-state index is -0.700. The van der Waals surface area contributed by atoms with E-state index in [4.69, 9.17) is 5.11 Å². The molecule has 5 heteroatoms. The number of hydrogen-bond acceptors (Lipinski definition) is 2. The van der Waals surface area contributed by atoms with Crippen LogP contribution in [0.15, 0.2) is 18.2 Å². The summed E-state index contributed by atoms with van der Waals surface area (Å²) in [6.45, 7) is 0.167. The summed E-state index contributed by atoms with van der Waals surface area (Å²) in [5.74, 6) is -1.56. The fourth-order valence-corrected chi connectivity index (χ4v) is 2.76. The third-order valence-electron chi connectivity index (χ3n) is 3.78. The Morgan fingerprint density at radius 3 is 2.60 bits per heavy atom. The third-order valence-corrected chi connectivity index (χ3v) is 3.78. The second kappa shape index (κ2) is 6.79. The van der Waals surface area contributed by atoms with Crippen molar-refractivity contribution in [3.63, 3.8) is 0 Å². The van der Waals surface area contributed by atoms with Gasteiger partial charge in [0.1, 0.15) is 11.6 Å². The van der Waals surface area contributed by atoms with Crippen LogP contribution in [-0.2, 0) is 11.2 Å². The van der Waals surface area contributed by atoms with E-state index >= 15 is 0 Å². The summed E-state index contributed by atoms with van der Waals surface area (Å²) in [4.78, 5) is 13.9. The number of aliphatic hydroxyl groups is 1. The van der Waals surface area contributed by atoms with Crippen molar-refractivity contribution in [1.29, 1.82) is 0 Å². The van der Waals surface area contributed by atoms with Crippen LogP contribution in [0, 0.1) is 11.6 Å². The van der Waals surface area contributed by atoms with Crippen molar-refractivity contribution in [3.05, 3.63) is 35.4 Å². The Morgan fingerprint density at radius 1 is 1.30 bits per heavy atom. The molecular weight excluding hydrogens is 264 g/mol. The fourth-order valence-electron chi connectivity index (χ4n) is 2.76. The molecule has 3 nitrogen and oxygen atoms in total. The summed E-state index contributed by atoms with van der Waals surface area (Å²) < 4.78 is 26.4. The van der Waals surface area contributed by atoms with Crippen LogP contribution in [0.4, 0.5) is 8.78 Å². The molecule has 0 saturated heterocycles. The van der Waals surface area contributed by atoms with E-state index in [1.54, 1.807) is 4.90 Å². The van der Waals surface area contributed by atoms with Gasteiger partial charge >= 0.3 is 0 Å². The molecule has 1 aliphatic rings. The average molecular weight is 283 g/mol. The van der Waals surface area contributed by atoms with Crippen molar-refractivity contribution in [1.82, 2.24) is 4.90 Å². The molecule has 0 atom stereocenters. The Balaban J connectivity index is 2.07. The molecule has 0 radical (unpaired) electrons. The maximum atomic E-state index is 13.6. The molecule has 1 aromatic rings. The van der Waals surface area contributed by atoms with Gasteiger partial charge in [-0.25, -0.2) is 8.78 Å². The van der Waals surface area contributed by atoms with Gasteiger partial charge in [-0.2, -0.15) is 0 Å². The molecular formula is C15H19F2NO2. The van der Waals surface area contributed by atoms with E-state index in [0.29, 0.717) is 0 Å². The smallest absolute Gasteiger partial charge is 0.227 e. The predicted octanol–water partition coefficient (Wildman–Crippen LogP) is 2.27. The number of carbonyl (C=O) groups excluding carboxylic acids is 1. The maximum Gasteiger partial charge on any atom is 0.227 e. The summed E-state index contributed by atoms with van der Waals surface area (Å²) in [6, 6.07) is 3.37. The van der Waals surface area contributed by atoms with E-state index < -0.39 is 11.6 Å². The number of benzene rings is 1. The monoisotopic (exact) mass is 283 g/mol. The summed E-state index contributed by atoms with van der Waals surface area (Å²) in [6.07, 6.45) is 3.91. The molecule has 1 amide bonds. The first kappa shape index (κ1) is 14.9. The van der Waals surface area contributed by atoms with E-state index in [1.165, 1.54) is 6.07 Å². The first-order valence-corrected chi connectivity index (χ1v) is 6.96. The van der Waals surface area contributed by atoms with Gasteiger partial charge in [0.15, 0.2) is 0 Å². The van der Waals surface area contributed by atoms with Crippen LogP contribution in [0.2, 0.25) is 0 Å². The lowest BCUT2D eigenvalue weighted by atomic mass is 10.1. The number of nitrogens with zero attached hydrogens (tertiary/aromatic N) is 1. The largest absolute Gasteiger partial charge is 0.395 e. The number of halogens is 2. The van der Waals surface area contributed by atoms with Gasteiger partial charge in [0.05, 0.1) is 13.0 Å². The van der Waals surface area contributed by atoms with Crippen LogP contribution in [0.3, 0.4) is 0 Å². The van der Waals surface area contributed by atoms with Gasteiger partial charge in [0, 0.05) is 18.7 Å². The summed E-state index contributed by atoms with van der Waals surface area (Å²) in [5.41, 5.74) is 0.192. The summed E-state index contributed by atoms with van der Waals surface area (Å²) in [7, 11) is 0. The number of hydrogen-bond donors (Lipinski definition) is 1. The van der Waals surface area contributed by atoms with Crippen molar-refractivity contribution < 1.29 is 18.7 Å². The first-order chi connectivity index (χ1) is 9.61. The topological polar surface area (TPSA) is 40.5 Å². The molecule has 0 bridgehead atoms. The highest BCUT2D eigenvalue weighted by Gasteiger charge is 2.26. The standard InChI is InChI=1S/C15H19F2NO2/c16-12-6-5-11(14(17)10-12)9-15(20)18(7-8-19)13-3-1-2-4-13/h5-6,10,13,19H,1-4,7-9H2. The number of carbonyl (C=O) groups is 1. The van der Waals surface area contributed by atoms with Gasteiger partial charge in [0.25, 0.3) is 0 Å². The Kier molecular flexibility index (Phi) is 5.06. The van der Waals surface area contributed by atoms with Crippen LogP contribution in [-0.4, -0.2) is 35.1 Å². The third kappa shape index (κ3) is 3.54. The molecule has 1 fully saturated rings. The highest BCUT2D eigenvalue weighted by molar-refractivity contribution is 5.79. The molecule has 1 aromatic carbocycles. The van der Waals surface area contributed by atoms with Gasteiger partial charge in [-0.1, -0.05) is 18.9 Å². The lowest BCUT2D eigenvalue weighted by Crippen LogP contribution is -2.41. The van der Waals surface area contributed by atoms with E-state index in [2.05, 4.69) is 0 Å². The van der Waals surface area contributed by atoms with E-state index in [9.17, 15) is 13.6 Å². The lowest BCUT2D eigenvalue weighted by molar-refractivity contribution is -0.133. The molecule has 1 saturated carbocycles. The molecule has 0 aliphatic heterocycles. The van der Waals surface area contributed by atoms with Gasteiger partial charge in [-0.3, -0.25) is 4.79 Å². The second-order valence-corrected chi connectivity index (χ2v) is 5.16. The molecule has 0 unspecified atom stereocenters. The van der Waals surface area contributed by atoms with Crippen molar-refractivity contribution in [2.75, 3.05) is 13.2 Å². The number of aliphatic hydroxyl groups excluding tert-OH is 1. The molecule has 1 N–H and O–H groups in total. The Morgan fingerprint density at radius 2 is 2.00 bits per heavy atom. The molecule has 110 valence electrons. The minimum Gasteiger partial charge on any atom is -0.395 e. The molecule has 0 heterocycles. The normalized spacial score (nSPS) is 15.6. The Bertz CT molecular complexity index is 473. The summed E-state index contributed by atoms with van der Waals surface area (Å²) >= 11 is 0. The number of rotatable bonds is 5. The maximum absolute atomic E-state index is 13.6. The fraction of sp³-hybridized carbons (Fsp3) is 0.533. The van der Waals surface area contributed by atoms with Gasteiger partial charge < -0.3 is 10.0 Å². The van der Waals surface area contributed by atoms with E-state index in [-0.39, 0.29) is 37.1 Å². The zero-order chi connectivity index (χ0) is 14.5. The van der Waals surface area contributed by atoms with Crippen LogP contribution in [0.5, 0.6) is 0 Å². The SMILES string of the molecule is O=C(Cc1ccc(F)cc1F)N(CCO)C1CCCC1. The summed E-state index contributed by atoms with van der Waals surface area (Å²) in [5, 5.41) is 9.09. The lowest BCUT2D eigenvalue weighted by Gasteiger charge is -2.28.